The summed E-state index contributed by atoms with van der Waals surface area (Å²) in [6, 6.07) is 2.60. The van der Waals surface area contributed by atoms with E-state index in [1.165, 1.54) is 38.5 Å². The molecule has 2 saturated carbocycles. The van der Waals surface area contributed by atoms with Crippen LogP contribution in [0.5, 0.6) is 0 Å². The van der Waals surface area contributed by atoms with E-state index in [1.54, 1.807) is 6.33 Å². The number of hydrogen-bond donors (Lipinski definition) is 1. The molecule has 3 heterocycles. The van der Waals surface area contributed by atoms with Crippen molar-refractivity contribution in [1.29, 1.82) is 0 Å². The van der Waals surface area contributed by atoms with Crippen LogP contribution >= 0.6 is 0 Å². The quantitative estimate of drug-likeness (QED) is 0.903. The third-order valence-electron chi connectivity index (χ3n) is 7.29. The first-order chi connectivity index (χ1) is 13.2. The molecule has 0 atom stereocenters. The van der Waals surface area contributed by atoms with Gasteiger partial charge in [-0.15, -0.1) is 0 Å². The van der Waals surface area contributed by atoms with Crippen LogP contribution in [0.2, 0.25) is 0 Å². The van der Waals surface area contributed by atoms with Crippen LogP contribution in [0.25, 0.3) is 11.0 Å². The van der Waals surface area contributed by atoms with Crippen LogP contribution in [0, 0.1) is 11.3 Å². The van der Waals surface area contributed by atoms with Crippen molar-refractivity contribution >= 4 is 22.8 Å². The van der Waals surface area contributed by atoms with Gasteiger partial charge in [-0.1, -0.05) is 0 Å². The fourth-order valence-corrected chi connectivity index (χ4v) is 5.20. The van der Waals surface area contributed by atoms with Gasteiger partial charge in [0.15, 0.2) is 0 Å². The molecule has 2 aliphatic carbocycles. The Morgan fingerprint density at radius 2 is 1.89 bits per heavy atom. The number of amides is 1. The zero-order valence-electron chi connectivity index (χ0n) is 16.2. The Balaban J connectivity index is 1.21. The molecule has 6 nitrogen and oxygen atoms in total. The minimum absolute atomic E-state index is 0.363. The second-order valence-corrected chi connectivity index (χ2v) is 8.88. The molecule has 1 N–H and O–H groups in total. The van der Waals surface area contributed by atoms with Crippen molar-refractivity contribution in [2.45, 2.75) is 57.4 Å². The maximum Gasteiger partial charge on any atom is 0.225 e. The highest BCUT2D eigenvalue weighted by atomic mass is 16.2. The summed E-state index contributed by atoms with van der Waals surface area (Å²) < 4.78 is 0. The monoisotopic (exact) mass is 367 g/mol. The molecule has 0 radical (unpaired) electrons. The number of aromatic nitrogens is 3. The van der Waals surface area contributed by atoms with Crippen LogP contribution in [0.3, 0.4) is 0 Å². The molecule has 0 bridgehead atoms. The first-order valence-electron chi connectivity index (χ1n) is 10.4. The zero-order chi connectivity index (χ0) is 18.4. The van der Waals surface area contributed by atoms with E-state index in [4.69, 9.17) is 0 Å². The van der Waals surface area contributed by atoms with E-state index in [9.17, 15) is 4.79 Å². The van der Waals surface area contributed by atoms with E-state index in [0.717, 1.165) is 42.8 Å². The first kappa shape index (κ1) is 17.0. The Labute approximate surface area is 160 Å². The van der Waals surface area contributed by atoms with E-state index < -0.39 is 0 Å². The first-order valence-corrected chi connectivity index (χ1v) is 10.4. The summed E-state index contributed by atoms with van der Waals surface area (Å²) in [7, 11) is 2.17. The Kier molecular flexibility index (Phi) is 4.10. The molecule has 2 aromatic rings. The molecule has 1 saturated heterocycles. The summed E-state index contributed by atoms with van der Waals surface area (Å²) in [5.74, 6) is 1.83. The van der Waals surface area contributed by atoms with E-state index in [0.29, 0.717) is 23.3 Å². The van der Waals surface area contributed by atoms with Gasteiger partial charge < -0.3 is 14.8 Å². The van der Waals surface area contributed by atoms with Gasteiger partial charge in [0.05, 0.1) is 5.39 Å². The van der Waals surface area contributed by atoms with Gasteiger partial charge in [0.25, 0.3) is 0 Å². The lowest BCUT2D eigenvalue weighted by atomic mass is 9.66. The summed E-state index contributed by atoms with van der Waals surface area (Å²) in [6.07, 6.45) is 13.2. The number of H-pyrrole nitrogens is 1. The minimum Gasteiger partial charge on any atom is -0.356 e. The topological polar surface area (TPSA) is 65.1 Å². The average Bonchev–Trinajstić information content (AvgIpc) is 3.44. The molecule has 0 aromatic carbocycles. The van der Waals surface area contributed by atoms with Crippen LogP contribution in [-0.4, -0.2) is 51.9 Å². The second-order valence-electron chi connectivity index (χ2n) is 8.88. The number of anilines is 1. The van der Waals surface area contributed by atoms with E-state index in [1.807, 2.05) is 6.20 Å². The molecule has 3 fully saturated rings. The normalized spacial score (nSPS) is 23.1. The third kappa shape index (κ3) is 3.09. The number of likely N-dealkylation sites (tertiary alicyclic amines) is 1. The van der Waals surface area contributed by atoms with Crippen molar-refractivity contribution in [3.8, 4) is 0 Å². The van der Waals surface area contributed by atoms with Crippen molar-refractivity contribution in [3.05, 3.63) is 18.6 Å². The fraction of sp³-hybridized carbons (Fsp3) is 0.667. The molecule has 6 heteroatoms. The number of nitrogens with zero attached hydrogens (tertiary/aromatic N) is 4. The van der Waals surface area contributed by atoms with Gasteiger partial charge in [-0.3, -0.25) is 4.79 Å². The van der Waals surface area contributed by atoms with Gasteiger partial charge in [-0.2, -0.15) is 0 Å². The van der Waals surface area contributed by atoms with Crippen molar-refractivity contribution in [3.63, 3.8) is 0 Å². The van der Waals surface area contributed by atoms with Crippen molar-refractivity contribution < 1.29 is 4.79 Å². The lowest BCUT2D eigenvalue weighted by Crippen LogP contribution is -2.47. The predicted molar refractivity (Wildman–Crippen MR) is 106 cm³/mol. The van der Waals surface area contributed by atoms with Crippen molar-refractivity contribution in [2.75, 3.05) is 25.0 Å². The number of rotatable bonds is 3. The summed E-state index contributed by atoms with van der Waals surface area (Å²) in [6.45, 7) is 1.96. The van der Waals surface area contributed by atoms with E-state index >= 15 is 0 Å². The minimum atomic E-state index is 0.363. The number of hydrogen-bond acceptors (Lipinski definition) is 4. The average molecular weight is 367 g/mol. The predicted octanol–water partition coefficient (Wildman–Crippen LogP) is 3.36. The van der Waals surface area contributed by atoms with Gasteiger partial charge >= 0.3 is 0 Å². The highest BCUT2D eigenvalue weighted by molar-refractivity contribution is 5.87. The standard InChI is InChI=1S/C21H29N5O/c1-25(19-17-6-11-22-18(17)23-14-24-19)16-4-7-21(8-5-16)9-12-26(13-10-21)20(27)15-2-3-15/h6,11,14-16H,2-5,7-10,12-13H2,1H3,(H,22,23,24). The molecule has 27 heavy (non-hydrogen) atoms. The molecule has 1 aliphatic heterocycles. The zero-order valence-corrected chi connectivity index (χ0v) is 16.2. The van der Waals surface area contributed by atoms with Gasteiger partial charge in [-0.05, 0) is 62.8 Å². The lowest BCUT2D eigenvalue weighted by Gasteiger charge is -2.47. The maximum absolute atomic E-state index is 12.3. The Morgan fingerprint density at radius 1 is 1.15 bits per heavy atom. The lowest BCUT2D eigenvalue weighted by molar-refractivity contribution is -0.135. The number of fused-ring (bicyclic) bond motifs is 1. The largest absolute Gasteiger partial charge is 0.356 e. The number of aromatic amines is 1. The SMILES string of the molecule is CN(c1ncnc2[nH]ccc12)C1CCC2(CC1)CCN(C(=O)C1CC1)CC2. The smallest absolute Gasteiger partial charge is 0.225 e. The van der Waals surface area contributed by atoms with Crippen molar-refractivity contribution in [2.24, 2.45) is 11.3 Å². The summed E-state index contributed by atoms with van der Waals surface area (Å²) in [5.41, 5.74) is 1.37. The summed E-state index contributed by atoms with van der Waals surface area (Å²) in [4.78, 5) is 28.9. The van der Waals surface area contributed by atoms with Crippen molar-refractivity contribution in [1.82, 2.24) is 19.9 Å². The third-order valence-corrected chi connectivity index (χ3v) is 7.29. The highest BCUT2D eigenvalue weighted by Gasteiger charge is 2.42. The van der Waals surface area contributed by atoms with Crippen LogP contribution in [0.1, 0.15) is 51.4 Å². The molecule has 1 spiro atoms. The van der Waals surface area contributed by atoms with E-state index in [-0.39, 0.29) is 0 Å². The van der Waals surface area contributed by atoms with Gasteiger partial charge in [-0.25, -0.2) is 9.97 Å². The number of nitrogens with one attached hydrogen (secondary N) is 1. The molecule has 3 aliphatic rings. The molecule has 5 rings (SSSR count). The summed E-state index contributed by atoms with van der Waals surface area (Å²) >= 11 is 0. The van der Waals surface area contributed by atoms with Gasteiger partial charge in [0, 0.05) is 38.3 Å². The molecular formula is C21H29N5O. The summed E-state index contributed by atoms with van der Waals surface area (Å²) in [5, 5.41) is 1.10. The van der Waals surface area contributed by atoms with Crippen LogP contribution in [0.15, 0.2) is 18.6 Å². The van der Waals surface area contributed by atoms with Crippen LogP contribution in [-0.2, 0) is 4.79 Å². The number of carbonyl (C=O) groups is 1. The van der Waals surface area contributed by atoms with Gasteiger partial charge in [0.1, 0.15) is 17.8 Å². The molecule has 1 amide bonds. The molecule has 0 unspecified atom stereocenters. The highest BCUT2D eigenvalue weighted by Crippen LogP contribution is 2.46. The molecule has 144 valence electrons. The maximum atomic E-state index is 12.3. The number of piperidine rings is 1. The van der Waals surface area contributed by atoms with Crippen LogP contribution < -0.4 is 4.90 Å². The Bertz CT molecular complexity index is 824. The van der Waals surface area contributed by atoms with E-state index in [2.05, 4.69) is 37.9 Å². The fourth-order valence-electron chi connectivity index (χ4n) is 5.20. The molecular weight excluding hydrogens is 338 g/mol. The van der Waals surface area contributed by atoms with Gasteiger partial charge in [0.2, 0.25) is 5.91 Å². The van der Waals surface area contributed by atoms with Crippen LogP contribution in [0.4, 0.5) is 5.82 Å². The number of carbonyl (C=O) groups excluding carboxylic acids is 1. The molecule has 2 aromatic heterocycles. The Morgan fingerprint density at radius 3 is 2.59 bits per heavy atom. The Hall–Kier alpha value is -2.11. The second kappa shape index (κ2) is 6.50.